The highest BCUT2D eigenvalue weighted by Gasteiger charge is 2.08. The molecule has 1 heterocycles. The maximum Gasteiger partial charge on any atom is 0.213 e. The zero-order chi connectivity index (χ0) is 9.84. The Labute approximate surface area is 77.8 Å². The highest BCUT2D eigenvalue weighted by atomic mass is 16.5. The third-order valence-electron chi connectivity index (χ3n) is 1.81. The van der Waals surface area contributed by atoms with Crippen LogP contribution in [-0.4, -0.2) is 18.4 Å². The molecule has 0 saturated heterocycles. The average Bonchev–Trinajstić information content (AvgIpc) is 2.16. The number of aldehydes is 1. The van der Waals surface area contributed by atoms with Gasteiger partial charge >= 0.3 is 0 Å². The lowest BCUT2D eigenvalue weighted by molar-refractivity contribution is 0.112. The summed E-state index contributed by atoms with van der Waals surface area (Å²) >= 11 is 0. The SMILES string of the molecule is COc1ccc(C=O)c(C(C)C)n1. The monoisotopic (exact) mass is 179 g/mol. The molecule has 1 aromatic rings. The first-order valence-corrected chi connectivity index (χ1v) is 4.19. The minimum atomic E-state index is 0.232. The van der Waals surface area contributed by atoms with E-state index in [-0.39, 0.29) is 5.92 Å². The molecule has 0 spiro atoms. The Morgan fingerprint density at radius 1 is 1.46 bits per heavy atom. The van der Waals surface area contributed by atoms with Crippen molar-refractivity contribution < 1.29 is 9.53 Å². The summed E-state index contributed by atoms with van der Waals surface area (Å²) in [6, 6.07) is 3.42. The predicted octanol–water partition coefficient (Wildman–Crippen LogP) is 2.03. The van der Waals surface area contributed by atoms with E-state index in [9.17, 15) is 4.79 Å². The Bertz CT molecular complexity index is 308. The van der Waals surface area contributed by atoms with Gasteiger partial charge in [-0.2, -0.15) is 0 Å². The van der Waals surface area contributed by atoms with Gasteiger partial charge in [0.25, 0.3) is 0 Å². The molecule has 0 aliphatic heterocycles. The Kier molecular flexibility index (Phi) is 3.01. The van der Waals surface area contributed by atoms with Gasteiger partial charge in [0.15, 0.2) is 6.29 Å². The van der Waals surface area contributed by atoms with Crippen molar-refractivity contribution in [3.05, 3.63) is 23.4 Å². The summed E-state index contributed by atoms with van der Waals surface area (Å²) in [6.07, 6.45) is 0.821. The molecule has 0 radical (unpaired) electrons. The van der Waals surface area contributed by atoms with Gasteiger partial charge in [-0.05, 0) is 12.0 Å². The van der Waals surface area contributed by atoms with Crippen molar-refractivity contribution in [3.63, 3.8) is 0 Å². The number of hydrogen-bond acceptors (Lipinski definition) is 3. The van der Waals surface area contributed by atoms with Crippen molar-refractivity contribution in [1.82, 2.24) is 4.98 Å². The Morgan fingerprint density at radius 2 is 2.15 bits per heavy atom. The fourth-order valence-electron chi connectivity index (χ4n) is 1.14. The summed E-state index contributed by atoms with van der Waals surface area (Å²) < 4.78 is 4.98. The minimum absolute atomic E-state index is 0.232. The van der Waals surface area contributed by atoms with Crippen LogP contribution < -0.4 is 4.74 Å². The number of hydrogen-bond donors (Lipinski definition) is 0. The van der Waals surface area contributed by atoms with Crippen LogP contribution in [0.25, 0.3) is 0 Å². The molecule has 0 aliphatic rings. The van der Waals surface area contributed by atoms with Crippen LogP contribution in [-0.2, 0) is 0 Å². The first-order chi connectivity index (χ1) is 6.19. The molecule has 0 unspecified atom stereocenters. The fraction of sp³-hybridized carbons (Fsp3) is 0.400. The Hall–Kier alpha value is -1.38. The lowest BCUT2D eigenvalue weighted by Gasteiger charge is -2.08. The molecule has 3 heteroatoms. The van der Waals surface area contributed by atoms with Crippen molar-refractivity contribution in [2.24, 2.45) is 0 Å². The van der Waals surface area contributed by atoms with Crippen LogP contribution >= 0.6 is 0 Å². The van der Waals surface area contributed by atoms with Crippen molar-refractivity contribution in [2.45, 2.75) is 19.8 Å². The normalized spacial score (nSPS) is 10.2. The molecule has 0 fully saturated rings. The second-order valence-electron chi connectivity index (χ2n) is 3.10. The number of aromatic nitrogens is 1. The third-order valence-corrected chi connectivity index (χ3v) is 1.81. The number of carbonyl (C=O) groups is 1. The molecular weight excluding hydrogens is 166 g/mol. The van der Waals surface area contributed by atoms with Crippen LogP contribution in [0, 0.1) is 0 Å². The summed E-state index contributed by atoms with van der Waals surface area (Å²) in [4.78, 5) is 14.9. The van der Waals surface area contributed by atoms with Crippen molar-refractivity contribution in [3.8, 4) is 5.88 Å². The number of methoxy groups -OCH3 is 1. The van der Waals surface area contributed by atoms with E-state index in [0.29, 0.717) is 11.4 Å². The Morgan fingerprint density at radius 3 is 2.62 bits per heavy atom. The van der Waals surface area contributed by atoms with Gasteiger partial charge in [0.05, 0.1) is 12.8 Å². The Balaban J connectivity index is 3.17. The maximum atomic E-state index is 10.7. The summed E-state index contributed by atoms with van der Waals surface area (Å²) in [5.74, 6) is 0.782. The van der Waals surface area contributed by atoms with Gasteiger partial charge in [0.2, 0.25) is 5.88 Å². The van der Waals surface area contributed by atoms with E-state index >= 15 is 0 Å². The van der Waals surface area contributed by atoms with Crippen molar-refractivity contribution >= 4 is 6.29 Å². The van der Waals surface area contributed by atoms with E-state index in [0.717, 1.165) is 12.0 Å². The molecule has 0 aliphatic carbocycles. The quantitative estimate of drug-likeness (QED) is 0.666. The summed E-state index contributed by atoms with van der Waals surface area (Å²) in [7, 11) is 1.56. The topological polar surface area (TPSA) is 39.2 Å². The molecule has 1 rings (SSSR count). The van der Waals surface area contributed by atoms with Gasteiger partial charge in [-0.15, -0.1) is 0 Å². The van der Waals surface area contributed by atoms with E-state index in [4.69, 9.17) is 4.74 Å². The van der Waals surface area contributed by atoms with Gasteiger partial charge in [-0.25, -0.2) is 4.98 Å². The first kappa shape index (κ1) is 9.71. The van der Waals surface area contributed by atoms with Gasteiger partial charge in [-0.1, -0.05) is 13.8 Å². The highest BCUT2D eigenvalue weighted by molar-refractivity contribution is 5.76. The molecular formula is C10H13NO2. The van der Waals surface area contributed by atoms with Crippen LogP contribution in [0.2, 0.25) is 0 Å². The van der Waals surface area contributed by atoms with Crippen molar-refractivity contribution in [2.75, 3.05) is 7.11 Å². The fourth-order valence-corrected chi connectivity index (χ4v) is 1.14. The van der Waals surface area contributed by atoms with E-state index in [1.54, 1.807) is 19.2 Å². The third kappa shape index (κ3) is 2.05. The van der Waals surface area contributed by atoms with Crippen LogP contribution in [0.15, 0.2) is 12.1 Å². The molecule has 3 nitrogen and oxygen atoms in total. The molecule has 0 N–H and O–H groups in total. The van der Waals surface area contributed by atoms with Gasteiger partial charge < -0.3 is 4.74 Å². The molecule has 0 saturated carbocycles. The number of nitrogens with zero attached hydrogens (tertiary/aromatic N) is 1. The molecule has 13 heavy (non-hydrogen) atoms. The highest BCUT2D eigenvalue weighted by Crippen LogP contribution is 2.18. The molecule has 1 aromatic heterocycles. The van der Waals surface area contributed by atoms with E-state index in [1.807, 2.05) is 13.8 Å². The molecule has 0 aromatic carbocycles. The number of ether oxygens (including phenoxy) is 1. The van der Waals surface area contributed by atoms with Crippen LogP contribution in [0.3, 0.4) is 0 Å². The molecule has 70 valence electrons. The standard InChI is InChI=1S/C10H13NO2/c1-7(2)10-8(6-12)4-5-9(11-10)13-3/h4-7H,1-3H3. The zero-order valence-corrected chi connectivity index (χ0v) is 8.07. The molecule has 0 bridgehead atoms. The van der Waals surface area contributed by atoms with Gasteiger partial charge in [-0.3, -0.25) is 4.79 Å². The van der Waals surface area contributed by atoms with E-state index < -0.39 is 0 Å². The maximum absolute atomic E-state index is 10.7. The smallest absolute Gasteiger partial charge is 0.213 e. The lowest BCUT2D eigenvalue weighted by atomic mass is 10.0. The average molecular weight is 179 g/mol. The van der Waals surface area contributed by atoms with E-state index in [1.165, 1.54) is 0 Å². The largest absolute Gasteiger partial charge is 0.481 e. The van der Waals surface area contributed by atoms with E-state index in [2.05, 4.69) is 4.98 Å². The zero-order valence-electron chi connectivity index (χ0n) is 8.07. The lowest BCUT2D eigenvalue weighted by Crippen LogP contribution is -2.00. The predicted molar refractivity (Wildman–Crippen MR) is 50.3 cm³/mol. The van der Waals surface area contributed by atoms with Gasteiger partial charge in [0, 0.05) is 11.6 Å². The number of pyridine rings is 1. The van der Waals surface area contributed by atoms with Crippen LogP contribution in [0.5, 0.6) is 5.88 Å². The number of rotatable bonds is 3. The summed E-state index contributed by atoms with van der Waals surface area (Å²) in [6.45, 7) is 3.99. The number of carbonyl (C=O) groups excluding carboxylic acids is 1. The minimum Gasteiger partial charge on any atom is -0.481 e. The summed E-state index contributed by atoms with van der Waals surface area (Å²) in [5.41, 5.74) is 1.42. The van der Waals surface area contributed by atoms with Crippen LogP contribution in [0.4, 0.5) is 0 Å². The second-order valence-corrected chi connectivity index (χ2v) is 3.10. The second kappa shape index (κ2) is 4.03. The van der Waals surface area contributed by atoms with Crippen molar-refractivity contribution in [1.29, 1.82) is 0 Å². The first-order valence-electron chi connectivity index (χ1n) is 4.19. The van der Waals surface area contributed by atoms with Gasteiger partial charge in [0.1, 0.15) is 0 Å². The summed E-state index contributed by atoms with van der Waals surface area (Å²) in [5, 5.41) is 0. The van der Waals surface area contributed by atoms with Crippen LogP contribution in [0.1, 0.15) is 35.8 Å². The molecule has 0 amide bonds. The molecule has 0 atom stereocenters.